The number of amides is 2. The lowest BCUT2D eigenvalue weighted by atomic mass is 10.0. The molecule has 0 aliphatic carbocycles. The van der Waals surface area contributed by atoms with Crippen LogP contribution in [0.4, 0.5) is 5.69 Å². The number of carbonyl (C=O) groups excluding carboxylic acids is 2. The largest absolute Gasteiger partial charge is 0.352 e. The molecular formula is C32H39Cl2N3O4S. The second kappa shape index (κ2) is 14.4. The number of nitrogens with one attached hydrogen (secondary N) is 1. The van der Waals surface area contributed by atoms with Crippen molar-refractivity contribution in [2.45, 2.75) is 77.4 Å². The van der Waals surface area contributed by atoms with Crippen molar-refractivity contribution in [3.05, 3.63) is 93.5 Å². The summed E-state index contributed by atoms with van der Waals surface area (Å²) < 4.78 is 29.1. The summed E-state index contributed by atoms with van der Waals surface area (Å²) in [6.45, 7) is 10.9. The van der Waals surface area contributed by atoms with Crippen LogP contribution in [0.3, 0.4) is 0 Å². The maximum atomic E-state index is 14.1. The van der Waals surface area contributed by atoms with Gasteiger partial charge in [0, 0.05) is 12.6 Å². The number of aryl methyl sites for hydroxylation is 1. The van der Waals surface area contributed by atoms with E-state index in [9.17, 15) is 18.0 Å². The van der Waals surface area contributed by atoms with Crippen LogP contribution < -0.4 is 9.62 Å². The Labute approximate surface area is 259 Å². The van der Waals surface area contributed by atoms with Gasteiger partial charge in [0.25, 0.3) is 10.0 Å². The minimum Gasteiger partial charge on any atom is -0.352 e. The Hall–Kier alpha value is -3.07. The highest BCUT2D eigenvalue weighted by molar-refractivity contribution is 7.92. The summed E-state index contributed by atoms with van der Waals surface area (Å²) in [6.07, 6.45) is 0.716. The number of hydrogen-bond acceptors (Lipinski definition) is 4. The van der Waals surface area contributed by atoms with Crippen molar-refractivity contribution in [1.29, 1.82) is 0 Å². The minimum absolute atomic E-state index is 0.0233. The van der Waals surface area contributed by atoms with Crippen LogP contribution in [0, 0.1) is 6.92 Å². The first-order valence-electron chi connectivity index (χ1n) is 14.0. The fourth-order valence-corrected chi connectivity index (χ4v) is 6.01. The lowest BCUT2D eigenvalue weighted by Gasteiger charge is -2.32. The van der Waals surface area contributed by atoms with Crippen molar-refractivity contribution in [3.8, 4) is 0 Å². The van der Waals surface area contributed by atoms with Gasteiger partial charge in [-0.3, -0.25) is 13.9 Å². The molecule has 3 rings (SSSR count). The number of halogens is 2. The van der Waals surface area contributed by atoms with E-state index in [1.54, 1.807) is 49.4 Å². The van der Waals surface area contributed by atoms with Crippen molar-refractivity contribution in [2.24, 2.45) is 0 Å². The van der Waals surface area contributed by atoms with Crippen LogP contribution in [0.2, 0.25) is 10.0 Å². The molecule has 0 unspecified atom stereocenters. The summed E-state index contributed by atoms with van der Waals surface area (Å²) in [4.78, 5) is 28.7. The number of hydrogen-bond donors (Lipinski definition) is 1. The van der Waals surface area contributed by atoms with E-state index in [0.717, 1.165) is 15.4 Å². The Morgan fingerprint density at radius 3 is 2.05 bits per heavy atom. The summed E-state index contributed by atoms with van der Waals surface area (Å²) in [7, 11) is -4.14. The van der Waals surface area contributed by atoms with Crippen LogP contribution in [0.15, 0.2) is 71.6 Å². The molecule has 10 heteroatoms. The van der Waals surface area contributed by atoms with Crippen LogP contribution in [0.5, 0.6) is 0 Å². The third-order valence-electron chi connectivity index (χ3n) is 7.24. The van der Waals surface area contributed by atoms with E-state index in [-0.39, 0.29) is 29.3 Å². The van der Waals surface area contributed by atoms with Gasteiger partial charge in [-0.05, 0) is 80.6 Å². The quantitative estimate of drug-likeness (QED) is 0.234. The van der Waals surface area contributed by atoms with Crippen LogP contribution in [0.1, 0.15) is 63.6 Å². The Bertz CT molecular complexity index is 1490. The van der Waals surface area contributed by atoms with E-state index in [2.05, 4.69) is 5.32 Å². The van der Waals surface area contributed by atoms with Gasteiger partial charge >= 0.3 is 0 Å². The summed E-state index contributed by atoms with van der Waals surface area (Å²) in [5.41, 5.74) is 2.94. The SMILES string of the molecule is CC[C@H](C)NC(=O)[C@H](C)N(Cc1ccc(Cl)c(Cl)c1)C(=O)CN(c1ccc(C(C)C)cc1)S(=O)(=O)c1ccc(C)cc1. The number of rotatable bonds is 12. The van der Waals surface area contributed by atoms with E-state index in [0.29, 0.717) is 27.7 Å². The van der Waals surface area contributed by atoms with Gasteiger partial charge in [0.05, 0.1) is 20.6 Å². The van der Waals surface area contributed by atoms with Gasteiger partial charge in [0.2, 0.25) is 11.8 Å². The molecule has 7 nitrogen and oxygen atoms in total. The smallest absolute Gasteiger partial charge is 0.264 e. The maximum Gasteiger partial charge on any atom is 0.264 e. The summed E-state index contributed by atoms with van der Waals surface area (Å²) in [6, 6.07) is 17.6. The molecule has 0 saturated heterocycles. The van der Waals surface area contributed by atoms with Crippen molar-refractivity contribution in [1.82, 2.24) is 10.2 Å². The monoisotopic (exact) mass is 631 g/mol. The Morgan fingerprint density at radius 2 is 1.50 bits per heavy atom. The maximum absolute atomic E-state index is 14.1. The fraction of sp³-hybridized carbons (Fsp3) is 0.375. The molecule has 2 amide bonds. The van der Waals surface area contributed by atoms with Gasteiger partial charge in [-0.2, -0.15) is 0 Å². The number of anilines is 1. The van der Waals surface area contributed by atoms with E-state index in [4.69, 9.17) is 23.2 Å². The third-order valence-corrected chi connectivity index (χ3v) is 9.77. The molecule has 2 atom stereocenters. The zero-order chi connectivity index (χ0) is 31.2. The Balaban J connectivity index is 2.05. The number of benzene rings is 3. The zero-order valence-corrected chi connectivity index (χ0v) is 27.2. The average molecular weight is 633 g/mol. The second-order valence-corrected chi connectivity index (χ2v) is 13.5. The van der Waals surface area contributed by atoms with Gasteiger partial charge < -0.3 is 10.2 Å². The summed E-state index contributed by atoms with van der Waals surface area (Å²) in [5.74, 6) is -0.641. The minimum atomic E-state index is -4.14. The van der Waals surface area contributed by atoms with Crippen molar-refractivity contribution < 1.29 is 18.0 Å². The fourth-order valence-electron chi connectivity index (χ4n) is 4.27. The van der Waals surface area contributed by atoms with E-state index < -0.39 is 28.5 Å². The molecule has 1 N–H and O–H groups in total. The highest BCUT2D eigenvalue weighted by atomic mass is 35.5. The van der Waals surface area contributed by atoms with Crippen LogP contribution >= 0.6 is 23.2 Å². The molecule has 0 saturated carbocycles. The number of nitrogens with zero attached hydrogens (tertiary/aromatic N) is 2. The third kappa shape index (κ3) is 8.27. The molecule has 0 aromatic heterocycles. The van der Waals surface area contributed by atoms with E-state index in [1.807, 2.05) is 46.8 Å². The zero-order valence-electron chi connectivity index (χ0n) is 24.9. The normalized spacial score (nSPS) is 13.0. The molecule has 0 bridgehead atoms. The van der Waals surface area contributed by atoms with Crippen LogP contribution in [-0.2, 0) is 26.2 Å². The van der Waals surface area contributed by atoms with Crippen molar-refractivity contribution >= 4 is 50.7 Å². The van der Waals surface area contributed by atoms with Crippen LogP contribution in [-0.4, -0.2) is 43.8 Å². The van der Waals surface area contributed by atoms with Crippen LogP contribution in [0.25, 0.3) is 0 Å². The second-order valence-electron chi connectivity index (χ2n) is 10.8. The Kier molecular flexibility index (Phi) is 11.5. The molecule has 3 aromatic rings. The highest BCUT2D eigenvalue weighted by Crippen LogP contribution is 2.28. The molecule has 0 radical (unpaired) electrons. The predicted molar refractivity (Wildman–Crippen MR) is 171 cm³/mol. The lowest BCUT2D eigenvalue weighted by molar-refractivity contribution is -0.139. The molecule has 0 aliphatic rings. The van der Waals surface area contributed by atoms with Gasteiger partial charge in [-0.1, -0.05) is 79.9 Å². The average Bonchev–Trinajstić information content (AvgIpc) is 2.96. The Morgan fingerprint density at radius 1 is 0.881 bits per heavy atom. The molecule has 42 heavy (non-hydrogen) atoms. The van der Waals surface area contributed by atoms with Gasteiger partial charge in [-0.25, -0.2) is 8.42 Å². The molecule has 226 valence electrons. The standard InChI is InChI=1S/C32H39Cl2N3O4S/c1-7-23(5)35-32(39)24(6)36(19-25-10-17-29(33)30(34)18-25)31(38)20-37(27-13-11-26(12-14-27)21(2)3)42(40,41)28-15-8-22(4)9-16-28/h8-18,21,23-24H,7,19-20H2,1-6H3,(H,35,39)/t23-,24-/m0/s1. The molecule has 3 aromatic carbocycles. The summed E-state index contributed by atoms with van der Waals surface area (Å²) >= 11 is 12.3. The van der Waals surface area contributed by atoms with E-state index in [1.165, 1.54) is 17.0 Å². The molecule has 0 aliphatic heterocycles. The molecule has 0 spiro atoms. The van der Waals surface area contributed by atoms with Gasteiger partial charge in [-0.15, -0.1) is 0 Å². The number of sulfonamides is 1. The van der Waals surface area contributed by atoms with Gasteiger partial charge in [0.15, 0.2) is 0 Å². The predicted octanol–water partition coefficient (Wildman–Crippen LogP) is 6.95. The molecule has 0 fully saturated rings. The first-order chi connectivity index (χ1) is 19.7. The number of carbonyl (C=O) groups is 2. The van der Waals surface area contributed by atoms with Crippen molar-refractivity contribution in [3.63, 3.8) is 0 Å². The van der Waals surface area contributed by atoms with E-state index >= 15 is 0 Å². The molecule has 0 heterocycles. The summed E-state index contributed by atoms with van der Waals surface area (Å²) in [5, 5.41) is 3.60. The lowest BCUT2D eigenvalue weighted by Crippen LogP contribution is -2.52. The first-order valence-corrected chi connectivity index (χ1v) is 16.2. The van der Waals surface area contributed by atoms with Crippen molar-refractivity contribution in [2.75, 3.05) is 10.8 Å². The topological polar surface area (TPSA) is 86.8 Å². The molecular weight excluding hydrogens is 593 g/mol. The van der Waals surface area contributed by atoms with Gasteiger partial charge in [0.1, 0.15) is 12.6 Å². The first kappa shape index (κ1) is 33.4. The highest BCUT2D eigenvalue weighted by Gasteiger charge is 2.33.